The van der Waals surface area contributed by atoms with Gasteiger partial charge in [-0.25, -0.2) is 4.79 Å². The third kappa shape index (κ3) is 7.88. The van der Waals surface area contributed by atoms with E-state index in [1.807, 2.05) is 44.2 Å². The maximum absolute atomic E-state index is 13.0. The topological polar surface area (TPSA) is 232 Å². The Hall–Kier alpha value is -4.11. The highest BCUT2D eigenvalue weighted by molar-refractivity contribution is 5.96. The Morgan fingerprint density at radius 2 is 1.69 bits per heavy atom. The van der Waals surface area contributed by atoms with Crippen LogP contribution < -0.4 is 15.3 Å². The molecule has 14 nitrogen and oxygen atoms in total. The van der Waals surface area contributed by atoms with Gasteiger partial charge in [-0.15, -0.1) is 0 Å². The smallest absolute Gasteiger partial charge is 0.330 e. The van der Waals surface area contributed by atoms with Crippen molar-refractivity contribution in [3.05, 3.63) is 60.2 Å². The summed E-state index contributed by atoms with van der Waals surface area (Å²) in [5.74, 6) is -12.6. The van der Waals surface area contributed by atoms with Gasteiger partial charge in [-0.3, -0.25) is 4.79 Å². The molecule has 49 heavy (non-hydrogen) atoms. The summed E-state index contributed by atoms with van der Waals surface area (Å²) in [5.41, 5.74) is -6.78. The van der Waals surface area contributed by atoms with E-state index in [0.717, 1.165) is 18.1 Å². The molecule has 14 heteroatoms. The van der Waals surface area contributed by atoms with Gasteiger partial charge in [-0.2, -0.15) is 0 Å². The van der Waals surface area contributed by atoms with Gasteiger partial charge in [0.2, 0.25) is 5.79 Å². The molecule has 3 rings (SSSR count). The molecule has 0 amide bonds. The summed E-state index contributed by atoms with van der Waals surface area (Å²) >= 11 is 0. The summed E-state index contributed by atoms with van der Waals surface area (Å²) < 4.78 is 21.7. The monoisotopic (exact) mass is 687 g/mol. The average Bonchev–Trinajstić information content (AvgIpc) is 3.25. The van der Waals surface area contributed by atoms with Gasteiger partial charge in [-0.05, 0) is 42.2 Å². The molecule has 2 aliphatic rings. The minimum Gasteiger partial charge on any atom is -0.547 e. The second kappa shape index (κ2) is 15.6. The van der Waals surface area contributed by atoms with E-state index in [-0.39, 0.29) is 23.8 Å². The van der Waals surface area contributed by atoms with Gasteiger partial charge in [0.15, 0.2) is 17.3 Å². The summed E-state index contributed by atoms with van der Waals surface area (Å²) in [5, 5.41) is 60.2. The average molecular weight is 688 g/mol. The van der Waals surface area contributed by atoms with Gasteiger partial charge in [0.05, 0.1) is 17.9 Å². The van der Waals surface area contributed by atoms with E-state index in [1.54, 1.807) is 13.8 Å². The molecule has 2 saturated heterocycles. The quantitative estimate of drug-likeness (QED) is 0.112. The van der Waals surface area contributed by atoms with Crippen molar-refractivity contribution in [2.75, 3.05) is 0 Å². The molecular weight excluding hydrogens is 644 g/mol. The first kappa shape index (κ1) is 39.3. The van der Waals surface area contributed by atoms with Crippen LogP contribution in [0.5, 0.6) is 0 Å². The first-order valence-corrected chi connectivity index (χ1v) is 16.1. The predicted molar refractivity (Wildman–Crippen MR) is 163 cm³/mol. The van der Waals surface area contributed by atoms with Crippen molar-refractivity contribution in [3.63, 3.8) is 0 Å². The van der Waals surface area contributed by atoms with Crippen molar-refractivity contribution in [3.8, 4) is 0 Å². The molecule has 2 aliphatic heterocycles. The fraction of sp³-hybridized carbons (Fsp3) is 0.571. The highest BCUT2D eigenvalue weighted by Crippen LogP contribution is 2.55. The number of carbonyl (C=O) groups is 5. The second-order valence-corrected chi connectivity index (χ2v) is 13.1. The van der Waals surface area contributed by atoms with Crippen LogP contribution in [0.3, 0.4) is 0 Å². The Labute approximate surface area is 284 Å². The van der Waals surface area contributed by atoms with Gasteiger partial charge in [0.1, 0.15) is 18.3 Å². The van der Waals surface area contributed by atoms with Gasteiger partial charge < -0.3 is 58.9 Å². The lowest BCUT2D eigenvalue weighted by Gasteiger charge is -2.55. The van der Waals surface area contributed by atoms with Crippen LogP contribution in [-0.2, 0) is 49.3 Å². The standard InChI is InChI=1S/C35H46O14/c1-7-19(2)17-20(3)13-14-25(37)47-28-27(38)33(48-29(30(39)40)34(45,31(41)42)35(28,49-33)32(43)44)16-15-21(4)26(46-23(6)36)22(5)18-24-11-9-8-10-12-24/h8-14,19-20,22,26-29,38,45H,4,7,15-18H2,1-3,5-6H3,(H,39,40)(H,41,42)(H,43,44)/p-3/b14-13+/t19-,20+,22+,26+,27?,28?,29?,33-,34?,35?/m0/s1. The van der Waals surface area contributed by atoms with E-state index < -0.39 is 77.7 Å². The van der Waals surface area contributed by atoms with Crippen molar-refractivity contribution in [2.45, 2.75) is 108 Å². The van der Waals surface area contributed by atoms with E-state index in [4.69, 9.17) is 18.9 Å². The number of aliphatic hydroxyl groups is 2. The van der Waals surface area contributed by atoms with Crippen molar-refractivity contribution < 1.29 is 68.5 Å². The summed E-state index contributed by atoms with van der Waals surface area (Å²) in [6.45, 7) is 12.7. The maximum atomic E-state index is 13.0. The normalized spacial score (nSPS) is 30.1. The number of hydrogen-bond acceptors (Lipinski definition) is 14. The highest BCUT2D eigenvalue weighted by Gasteiger charge is 2.80. The molecule has 2 N–H and O–H groups in total. The van der Waals surface area contributed by atoms with Crippen LogP contribution in [0.4, 0.5) is 0 Å². The predicted octanol–water partition coefficient (Wildman–Crippen LogP) is -1.12. The minimum absolute atomic E-state index is 0.153. The molecule has 1 aromatic rings. The zero-order chi connectivity index (χ0) is 36.9. The number of aliphatic carboxylic acids is 3. The van der Waals surface area contributed by atoms with Crippen molar-refractivity contribution in [1.29, 1.82) is 0 Å². The summed E-state index contributed by atoms with van der Waals surface area (Å²) in [7, 11) is 0. The zero-order valence-electron chi connectivity index (χ0n) is 28.1. The van der Waals surface area contributed by atoms with E-state index >= 15 is 0 Å². The lowest BCUT2D eigenvalue weighted by atomic mass is 9.74. The Kier molecular flexibility index (Phi) is 12.5. The van der Waals surface area contributed by atoms with Crippen LogP contribution in [0.2, 0.25) is 0 Å². The Morgan fingerprint density at radius 1 is 1.06 bits per heavy atom. The number of hydrogen-bond donors (Lipinski definition) is 2. The van der Waals surface area contributed by atoms with E-state index in [0.29, 0.717) is 18.8 Å². The number of esters is 2. The second-order valence-electron chi connectivity index (χ2n) is 13.1. The van der Waals surface area contributed by atoms with E-state index in [2.05, 4.69) is 6.58 Å². The van der Waals surface area contributed by atoms with Gasteiger partial charge in [-0.1, -0.05) is 77.1 Å². The summed E-state index contributed by atoms with van der Waals surface area (Å²) in [6.07, 6.45) is -5.59. The molecule has 2 bridgehead atoms. The fourth-order valence-corrected chi connectivity index (χ4v) is 6.55. The molecule has 0 spiro atoms. The largest absolute Gasteiger partial charge is 0.547 e. The number of carboxylic acid groups (broad SMARTS) is 3. The van der Waals surface area contributed by atoms with Crippen LogP contribution in [0.1, 0.15) is 65.9 Å². The Morgan fingerprint density at radius 3 is 2.22 bits per heavy atom. The number of carboxylic acids is 3. The molecular formula is C35H43O14-3. The van der Waals surface area contributed by atoms with Gasteiger partial charge >= 0.3 is 11.9 Å². The Bertz CT molecular complexity index is 1440. The minimum atomic E-state index is -4.13. The molecule has 0 saturated carbocycles. The van der Waals surface area contributed by atoms with Crippen molar-refractivity contribution in [2.24, 2.45) is 17.8 Å². The molecule has 0 aliphatic carbocycles. The number of carbonyl (C=O) groups excluding carboxylic acids is 5. The molecule has 1 aromatic carbocycles. The van der Waals surface area contributed by atoms with Crippen molar-refractivity contribution >= 4 is 29.8 Å². The van der Waals surface area contributed by atoms with Crippen LogP contribution in [0.25, 0.3) is 0 Å². The zero-order valence-corrected chi connectivity index (χ0v) is 28.1. The summed E-state index contributed by atoms with van der Waals surface area (Å²) in [6, 6.07) is 9.21. The third-order valence-corrected chi connectivity index (χ3v) is 9.25. The first-order chi connectivity index (χ1) is 22.9. The van der Waals surface area contributed by atoms with Crippen LogP contribution >= 0.6 is 0 Å². The number of aliphatic hydroxyl groups excluding tert-OH is 1. The van der Waals surface area contributed by atoms with Crippen molar-refractivity contribution in [1.82, 2.24) is 0 Å². The first-order valence-electron chi connectivity index (χ1n) is 16.1. The molecule has 270 valence electrons. The highest BCUT2D eigenvalue weighted by atomic mass is 16.8. The summed E-state index contributed by atoms with van der Waals surface area (Å²) in [4.78, 5) is 62.4. The third-order valence-electron chi connectivity index (χ3n) is 9.25. The molecule has 0 radical (unpaired) electrons. The van der Waals surface area contributed by atoms with Gasteiger partial charge in [0, 0.05) is 25.3 Å². The van der Waals surface area contributed by atoms with Crippen LogP contribution in [-0.4, -0.2) is 81.5 Å². The fourth-order valence-electron chi connectivity index (χ4n) is 6.55. The number of allylic oxidation sites excluding steroid dienone is 1. The lowest BCUT2D eigenvalue weighted by Crippen LogP contribution is -2.82. The molecule has 2 heterocycles. The maximum Gasteiger partial charge on any atom is 0.330 e. The Balaban J connectivity index is 2.02. The van der Waals surface area contributed by atoms with Gasteiger partial charge in [0.25, 0.3) is 0 Å². The number of benzene rings is 1. The number of ether oxygens (including phenoxy) is 4. The molecule has 5 unspecified atom stereocenters. The van der Waals surface area contributed by atoms with E-state index in [9.17, 15) is 49.5 Å². The molecule has 2 fully saturated rings. The number of rotatable bonds is 17. The van der Waals surface area contributed by atoms with Crippen LogP contribution in [0, 0.1) is 17.8 Å². The molecule has 10 atom stereocenters. The van der Waals surface area contributed by atoms with Crippen LogP contribution in [0.15, 0.2) is 54.6 Å². The molecule has 0 aromatic heterocycles. The lowest BCUT2D eigenvalue weighted by molar-refractivity contribution is -0.430. The van der Waals surface area contributed by atoms with E-state index in [1.165, 1.54) is 13.0 Å². The SMILES string of the molecule is C=C(CC[C@]12OC(C(=O)[O-])C(O)(C(=O)[O-])C(C(=O)[O-])(O1)C(OC(=O)/C=C/[C@@H](C)C[C@@H](C)CC)C2O)[C@@H](OC(C)=O)[C@H](C)Cc1ccccc1. The number of fused-ring (bicyclic) bond motifs is 2.